The zero-order chi connectivity index (χ0) is 42.2. The zero-order valence-corrected chi connectivity index (χ0v) is 36.5. The Hall–Kier alpha value is -2.36. The van der Waals surface area contributed by atoms with Gasteiger partial charge < -0.3 is 40.0 Å². The summed E-state index contributed by atoms with van der Waals surface area (Å²) in [5.41, 5.74) is -6.69. The lowest BCUT2D eigenvalue weighted by Crippen LogP contribution is -2.51. The molecule has 0 bridgehead atoms. The highest BCUT2D eigenvalue weighted by molar-refractivity contribution is 5.77. The van der Waals surface area contributed by atoms with Crippen LogP contribution >= 0.6 is 0 Å². The largest absolute Gasteiger partial charge is 0.464 e. The van der Waals surface area contributed by atoms with Gasteiger partial charge in [-0.3, -0.25) is 19.2 Å². The van der Waals surface area contributed by atoms with Gasteiger partial charge in [-0.25, -0.2) is 0 Å². The average Bonchev–Trinajstić information content (AvgIpc) is 3.55. The molecule has 0 radical (unpaired) electrons. The molecule has 4 rings (SSSR count). The highest BCUT2D eigenvalue weighted by Crippen LogP contribution is 2.46. The predicted molar refractivity (Wildman–Crippen MR) is 205 cm³/mol. The molecule has 4 aliphatic heterocycles. The highest BCUT2D eigenvalue weighted by atomic mass is 16.6. The first-order valence-corrected chi connectivity index (χ1v) is 19.9. The maximum atomic E-state index is 14.0. The second-order valence-corrected chi connectivity index (χ2v) is 22.0. The van der Waals surface area contributed by atoms with Gasteiger partial charge in [-0.05, 0) is 136 Å². The van der Waals surface area contributed by atoms with Crippen molar-refractivity contribution in [1.82, 2.24) is 20.8 Å². The Morgan fingerprint density at radius 3 is 0.945 bits per heavy atom. The van der Waals surface area contributed by atoms with E-state index in [2.05, 4.69) is 10.6 Å². The summed E-state index contributed by atoms with van der Waals surface area (Å²) in [5, 5.41) is 31.3. The molecule has 0 amide bonds. The monoisotopic (exact) mass is 781 g/mol. The van der Waals surface area contributed by atoms with Crippen molar-refractivity contribution in [3.05, 3.63) is 0 Å². The van der Waals surface area contributed by atoms with E-state index in [9.17, 15) is 29.6 Å². The van der Waals surface area contributed by atoms with Crippen molar-refractivity contribution in [2.24, 2.45) is 29.1 Å². The van der Waals surface area contributed by atoms with E-state index in [1.54, 1.807) is 27.7 Å². The molecule has 4 fully saturated rings. The fraction of sp³-hybridized carbons (Fsp3) is 0.902. The number of nitrogens with one attached hydrogen (secondary N) is 2. The quantitative estimate of drug-likeness (QED) is 0.154. The van der Waals surface area contributed by atoms with Gasteiger partial charge in [-0.2, -0.15) is 10.1 Å². The minimum atomic E-state index is -1.51. The van der Waals surface area contributed by atoms with Crippen LogP contribution in [0.4, 0.5) is 0 Å². The minimum absolute atomic E-state index is 0.310. The van der Waals surface area contributed by atoms with Crippen molar-refractivity contribution in [3.63, 3.8) is 0 Å². The first-order valence-electron chi connectivity index (χ1n) is 19.9. The molecule has 0 aromatic heterocycles. The summed E-state index contributed by atoms with van der Waals surface area (Å²) < 4.78 is 24.3. The van der Waals surface area contributed by atoms with E-state index in [0.29, 0.717) is 25.7 Å². The molecule has 55 heavy (non-hydrogen) atoms. The van der Waals surface area contributed by atoms with Crippen LogP contribution in [-0.2, 0) is 38.1 Å². The summed E-state index contributed by atoms with van der Waals surface area (Å²) in [6, 6.07) is 0. The third kappa shape index (κ3) is 9.19. The smallest absolute Gasteiger partial charge is 0.310 e. The number of hydrogen-bond donors (Lipinski definition) is 4. The topological polar surface area (TPSA) is 176 Å². The van der Waals surface area contributed by atoms with Gasteiger partial charge in [0.2, 0.25) is 0 Å². The zero-order valence-electron chi connectivity index (χ0n) is 36.5. The van der Waals surface area contributed by atoms with E-state index < -0.39 is 99.4 Å². The molecule has 4 atom stereocenters. The van der Waals surface area contributed by atoms with E-state index in [0.717, 1.165) is 0 Å². The lowest BCUT2D eigenvalue weighted by Gasteiger charge is -2.37. The maximum Gasteiger partial charge on any atom is 0.310 e. The average molecular weight is 781 g/mol. The Labute approximate surface area is 329 Å². The molecular formula is C41H72N4O10. The second kappa shape index (κ2) is 14.5. The lowest BCUT2D eigenvalue weighted by atomic mass is 9.85. The predicted octanol–water partition coefficient (Wildman–Crippen LogP) is 5.02. The van der Waals surface area contributed by atoms with Crippen LogP contribution in [0.3, 0.4) is 0 Å². The number of esters is 4. The Morgan fingerprint density at radius 1 is 0.491 bits per heavy atom. The first kappa shape index (κ1) is 45.3. The Kier molecular flexibility index (Phi) is 11.9. The summed E-state index contributed by atoms with van der Waals surface area (Å²) in [6.07, 6.45) is 1.65. The molecule has 316 valence electrons. The number of nitrogens with zero attached hydrogens (tertiary/aromatic N) is 2. The number of hydrogen-bond acceptors (Lipinski definition) is 14. The van der Waals surface area contributed by atoms with Crippen LogP contribution in [0.1, 0.15) is 136 Å². The van der Waals surface area contributed by atoms with Gasteiger partial charge in [0, 0.05) is 33.2 Å². The van der Waals surface area contributed by atoms with Crippen molar-refractivity contribution < 1.29 is 48.5 Å². The molecule has 14 heteroatoms. The molecule has 0 aliphatic carbocycles. The third-order valence-electron chi connectivity index (χ3n) is 13.1. The van der Waals surface area contributed by atoms with Crippen LogP contribution in [0.2, 0.25) is 0 Å². The number of hydroxylamine groups is 4. The summed E-state index contributed by atoms with van der Waals surface area (Å²) in [6.45, 7) is 28.6. The van der Waals surface area contributed by atoms with Crippen LogP contribution in [0, 0.1) is 29.1 Å². The van der Waals surface area contributed by atoms with Gasteiger partial charge in [-0.15, -0.1) is 0 Å². The molecule has 4 saturated heterocycles. The molecule has 0 saturated carbocycles. The van der Waals surface area contributed by atoms with E-state index in [1.807, 2.05) is 83.1 Å². The Bertz CT molecular complexity index is 1390. The summed E-state index contributed by atoms with van der Waals surface area (Å²) in [4.78, 5) is 55.7. The van der Waals surface area contributed by atoms with Crippen molar-refractivity contribution in [2.75, 3.05) is 26.4 Å². The molecule has 4 heterocycles. The van der Waals surface area contributed by atoms with Gasteiger partial charge in [0.25, 0.3) is 0 Å². The number of ether oxygens (including phenoxy) is 4. The number of carbonyl (C=O) groups excluding carboxylic acids is 4. The van der Waals surface area contributed by atoms with Gasteiger partial charge in [-0.1, -0.05) is 0 Å². The van der Waals surface area contributed by atoms with Crippen LogP contribution in [-0.4, -0.2) is 115 Å². The van der Waals surface area contributed by atoms with E-state index in [-0.39, 0.29) is 24.3 Å². The van der Waals surface area contributed by atoms with Crippen molar-refractivity contribution in [1.29, 1.82) is 0 Å². The molecule has 0 aromatic carbocycles. The van der Waals surface area contributed by atoms with E-state index >= 15 is 0 Å². The Balaban J connectivity index is 1.68. The molecule has 3 unspecified atom stereocenters. The van der Waals surface area contributed by atoms with Crippen molar-refractivity contribution in [3.8, 4) is 0 Å². The molecule has 0 aromatic rings. The molecule has 4 N–H and O–H groups in total. The third-order valence-corrected chi connectivity index (χ3v) is 13.1. The summed E-state index contributed by atoms with van der Waals surface area (Å²) >= 11 is 0. The highest BCUT2D eigenvalue weighted by Gasteiger charge is 2.57. The van der Waals surface area contributed by atoms with E-state index in [4.69, 9.17) is 18.9 Å². The number of rotatable bonds is 12. The van der Waals surface area contributed by atoms with Crippen molar-refractivity contribution in [2.45, 2.75) is 181 Å². The molecule has 4 aliphatic rings. The molecule has 14 nitrogen and oxygen atoms in total. The van der Waals surface area contributed by atoms with Crippen LogP contribution in [0.15, 0.2) is 0 Å². The van der Waals surface area contributed by atoms with Crippen molar-refractivity contribution >= 4 is 23.9 Å². The Morgan fingerprint density at radius 2 is 0.745 bits per heavy atom. The minimum Gasteiger partial charge on any atom is -0.464 e. The van der Waals surface area contributed by atoms with Gasteiger partial charge in [0.1, 0.15) is 31.8 Å². The summed E-state index contributed by atoms with van der Waals surface area (Å²) in [5.74, 6) is -4.65. The molecular weight excluding hydrogens is 708 g/mol. The van der Waals surface area contributed by atoms with Crippen LogP contribution in [0.25, 0.3) is 0 Å². The second-order valence-electron chi connectivity index (χ2n) is 22.0. The van der Waals surface area contributed by atoms with Gasteiger partial charge >= 0.3 is 23.9 Å². The number of carbonyl (C=O) groups is 4. The maximum absolute atomic E-state index is 14.0. The van der Waals surface area contributed by atoms with Crippen LogP contribution in [0.5, 0.6) is 0 Å². The van der Waals surface area contributed by atoms with Gasteiger partial charge in [0.15, 0.2) is 0 Å². The van der Waals surface area contributed by atoms with Gasteiger partial charge in [0.05, 0.1) is 34.7 Å². The fourth-order valence-electron chi connectivity index (χ4n) is 10.1. The van der Waals surface area contributed by atoms with Crippen LogP contribution < -0.4 is 10.6 Å². The SMILES string of the molecule is CC1(C)CC(C(=O)OCC(COC(=O)C2CC(C)(C)NC2(C)C)(COC(=O)C2CC(C)(C)N(O)C2(C)C)COC(=O)[C@H]2CC(C)(C)N(O)C2(C)C)C(C)(C)N1. The normalized spacial score (nSPS) is 32.0. The fourth-order valence-corrected chi connectivity index (χ4v) is 10.1. The first-order chi connectivity index (χ1) is 24.6. The summed E-state index contributed by atoms with van der Waals surface area (Å²) in [7, 11) is 0. The van der Waals surface area contributed by atoms with E-state index in [1.165, 1.54) is 10.1 Å². The lowest BCUT2D eigenvalue weighted by molar-refractivity contribution is -0.203. The molecule has 0 spiro atoms. The standard InChI is InChI=1S/C41H72N4O10/c1-33(2)17-25(37(9,10)42-33)29(46)52-21-41(22-53-30(47)26-18-34(3,4)43-38(26,11)12,23-54-31(48)27-19-35(5,6)44(50)39(27,13)14)24-55-32(49)28-20-36(7,8)45(51)40(28,15)16/h25-28,42-43,50-51H,17-24H2,1-16H3/t25?,26?,27-,28?,41?/m1/s1.